The molecule has 0 aliphatic heterocycles. The van der Waals surface area contributed by atoms with Crippen LogP contribution in [0.25, 0.3) is 22.9 Å². The van der Waals surface area contributed by atoms with Crippen LogP contribution >= 0.6 is 11.6 Å². The molecule has 3 heterocycles. The van der Waals surface area contributed by atoms with Crippen molar-refractivity contribution in [1.29, 1.82) is 0 Å². The van der Waals surface area contributed by atoms with Gasteiger partial charge in [-0.1, -0.05) is 11.6 Å². The molecule has 0 unspecified atom stereocenters. The zero-order valence-corrected chi connectivity index (χ0v) is 14.0. The van der Waals surface area contributed by atoms with Gasteiger partial charge in [0.15, 0.2) is 0 Å². The Hall–Kier alpha value is -3.00. The number of hydrogen-bond acceptors (Lipinski definition) is 6. The van der Waals surface area contributed by atoms with E-state index in [1.165, 1.54) is 23.0 Å². The Morgan fingerprint density at radius 3 is 2.72 bits per heavy atom. The summed E-state index contributed by atoms with van der Waals surface area (Å²) in [6.45, 7) is 2.22. The van der Waals surface area contributed by atoms with Crippen LogP contribution in [0, 0.1) is 0 Å². The molecule has 25 heavy (non-hydrogen) atoms. The van der Waals surface area contributed by atoms with Crippen LogP contribution in [0.3, 0.4) is 0 Å². The molecule has 0 saturated heterocycles. The van der Waals surface area contributed by atoms with Gasteiger partial charge < -0.3 is 14.3 Å². The maximum atomic E-state index is 11.9. The van der Waals surface area contributed by atoms with Crippen LogP contribution in [0.1, 0.15) is 6.92 Å². The van der Waals surface area contributed by atoms with E-state index in [0.29, 0.717) is 22.7 Å². The maximum Gasteiger partial charge on any atom is 0.251 e. The Kier molecular flexibility index (Phi) is 4.90. The number of likely N-dealkylation sites (N-methyl/N-ethyl adjacent to an activating group) is 1. The second-order valence-corrected chi connectivity index (χ2v) is 5.58. The first kappa shape index (κ1) is 16.8. The summed E-state index contributed by atoms with van der Waals surface area (Å²) in [6, 6.07) is 4.56. The highest BCUT2D eigenvalue weighted by Gasteiger charge is 2.13. The maximum absolute atomic E-state index is 11.9. The van der Waals surface area contributed by atoms with E-state index in [4.69, 9.17) is 16.0 Å². The van der Waals surface area contributed by atoms with Gasteiger partial charge in [-0.05, 0) is 19.1 Å². The highest BCUT2D eigenvalue weighted by Crippen LogP contribution is 2.24. The van der Waals surface area contributed by atoms with Crippen LogP contribution in [0.4, 0.5) is 0 Å². The molecule has 0 aromatic carbocycles. The molecule has 128 valence electrons. The Balaban J connectivity index is 1.90. The quantitative estimate of drug-likeness (QED) is 0.744. The number of carbonyl (C=O) groups excluding carboxylic acids is 1. The second-order valence-electron chi connectivity index (χ2n) is 5.14. The lowest BCUT2D eigenvalue weighted by molar-refractivity contribution is -0.121. The van der Waals surface area contributed by atoms with E-state index in [2.05, 4.69) is 20.5 Å². The molecule has 1 amide bonds. The molecule has 9 heteroatoms. The number of nitrogens with one attached hydrogen (secondary N) is 1. The monoisotopic (exact) mass is 359 g/mol. The van der Waals surface area contributed by atoms with Gasteiger partial charge in [0.1, 0.15) is 6.54 Å². The van der Waals surface area contributed by atoms with Crippen molar-refractivity contribution in [3.63, 3.8) is 0 Å². The lowest BCUT2D eigenvalue weighted by Crippen LogP contribution is -2.31. The lowest BCUT2D eigenvalue weighted by atomic mass is 10.3. The van der Waals surface area contributed by atoms with Gasteiger partial charge in [0.25, 0.3) is 5.56 Å². The van der Waals surface area contributed by atoms with Gasteiger partial charge in [-0.25, -0.2) is 0 Å². The number of hydrogen-bond donors (Lipinski definition) is 1. The van der Waals surface area contributed by atoms with Crippen molar-refractivity contribution in [3.8, 4) is 22.9 Å². The molecule has 0 fully saturated rings. The molecule has 8 nitrogen and oxygen atoms in total. The van der Waals surface area contributed by atoms with Gasteiger partial charge in [0.05, 0.1) is 16.1 Å². The molecular formula is C16H14ClN5O3. The zero-order valence-electron chi connectivity index (χ0n) is 13.3. The van der Waals surface area contributed by atoms with Crippen molar-refractivity contribution in [2.24, 2.45) is 0 Å². The van der Waals surface area contributed by atoms with E-state index in [-0.39, 0.29) is 29.8 Å². The molecule has 0 bridgehead atoms. The Morgan fingerprint density at radius 1 is 1.24 bits per heavy atom. The summed E-state index contributed by atoms with van der Waals surface area (Å²) in [6.07, 6.45) is 4.56. The van der Waals surface area contributed by atoms with Crippen molar-refractivity contribution in [3.05, 3.63) is 52.2 Å². The van der Waals surface area contributed by atoms with E-state index in [1.54, 1.807) is 18.3 Å². The first-order valence-electron chi connectivity index (χ1n) is 7.49. The number of aromatic nitrogens is 4. The van der Waals surface area contributed by atoms with Gasteiger partial charge in [-0.3, -0.25) is 14.6 Å². The Labute approximate surface area is 147 Å². The van der Waals surface area contributed by atoms with E-state index < -0.39 is 0 Å². The average Bonchev–Trinajstić information content (AvgIpc) is 3.07. The van der Waals surface area contributed by atoms with E-state index >= 15 is 0 Å². The number of rotatable bonds is 5. The summed E-state index contributed by atoms with van der Waals surface area (Å²) >= 11 is 5.90. The van der Waals surface area contributed by atoms with Crippen molar-refractivity contribution in [1.82, 2.24) is 25.1 Å². The predicted octanol–water partition coefficient (Wildman–Crippen LogP) is 1.75. The minimum atomic E-state index is -0.297. The summed E-state index contributed by atoms with van der Waals surface area (Å²) in [5, 5.41) is 11.0. The first-order valence-corrected chi connectivity index (χ1v) is 7.86. The summed E-state index contributed by atoms with van der Waals surface area (Å²) < 4.78 is 6.90. The molecule has 0 aliphatic rings. The van der Waals surface area contributed by atoms with E-state index in [0.717, 1.165) is 0 Å². The van der Waals surface area contributed by atoms with Crippen molar-refractivity contribution >= 4 is 17.5 Å². The summed E-state index contributed by atoms with van der Waals surface area (Å²) in [7, 11) is 0. The molecule has 0 aliphatic carbocycles. The third-order valence-corrected chi connectivity index (χ3v) is 3.50. The molecule has 1 N–H and O–H groups in total. The third kappa shape index (κ3) is 3.92. The average molecular weight is 360 g/mol. The van der Waals surface area contributed by atoms with Gasteiger partial charge in [0.2, 0.25) is 17.7 Å². The van der Waals surface area contributed by atoms with Crippen LogP contribution in [-0.4, -0.2) is 32.2 Å². The zero-order chi connectivity index (χ0) is 17.8. The molecule has 0 spiro atoms. The third-order valence-electron chi connectivity index (χ3n) is 3.30. The molecule has 0 atom stereocenters. The molecule has 3 aromatic heterocycles. The van der Waals surface area contributed by atoms with Gasteiger partial charge in [-0.2, -0.15) is 0 Å². The van der Waals surface area contributed by atoms with Crippen molar-refractivity contribution < 1.29 is 9.21 Å². The topological polar surface area (TPSA) is 103 Å². The number of carbonyl (C=O) groups is 1. The first-order chi connectivity index (χ1) is 12.1. The molecule has 3 aromatic rings. The highest BCUT2D eigenvalue weighted by atomic mass is 35.5. The highest BCUT2D eigenvalue weighted by molar-refractivity contribution is 6.30. The second kappa shape index (κ2) is 7.27. The normalized spacial score (nSPS) is 10.6. The number of nitrogens with zero attached hydrogens (tertiary/aromatic N) is 4. The minimum absolute atomic E-state index is 0.0836. The van der Waals surface area contributed by atoms with Gasteiger partial charge in [0, 0.05) is 31.2 Å². The van der Waals surface area contributed by atoms with Crippen molar-refractivity contribution in [2.75, 3.05) is 6.54 Å². The molecular weight excluding hydrogens is 346 g/mol. The van der Waals surface area contributed by atoms with Crippen LogP contribution < -0.4 is 10.9 Å². The van der Waals surface area contributed by atoms with Crippen LogP contribution in [-0.2, 0) is 11.3 Å². The van der Waals surface area contributed by atoms with E-state index in [1.807, 2.05) is 6.92 Å². The molecule has 3 rings (SSSR count). The Morgan fingerprint density at radius 2 is 2.00 bits per heavy atom. The van der Waals surface area contributed by atoms with Crippen LogP contribution in [0.5, 0.6) is 0 Å². The molecule has 0 radical (unpaired) electrons. The van der Waals surface area contributed by atoms with Gasteiger partial charge in [-0.15, -0.1) is 10.2 Å². The largest absolute Gasteiger partial charge is 0.416 e. The smallest absolute Gasteiger partial charge is 0.251 e. The number of halogens is 1. The fourth-order valence-corrected chi connectivity index (χ4v) is 2.35. The lowest BCUT2D eigenvalue weighted by Gasteiger charge is -2.06. The standard InChI is InChI=1S/C16H14ClN5O3/c1-2-19-13(23)9-22-8-10(3-4-14(22)24)15-20-21-16(25-15)11-5-12(17)7-18-6-11/h3-8H,2,9H2,1H3,(H,19,23). The predicted molar refractivity (Wildman–Crippen MR) is 90.9 cm³/mol. The SMILES string of the molecule is CCNC(=O)Cn1cc(-c2nnc(-c3cncc(Cl)c3)o2)ccc1=O. The summed E-state index contributed by atoms with van der Waals surface area (Å²) in [4.78, 5) is 27.6. The number of pyridine rings is 2. The van der Waals surface area contributed by atoms with Crippen molar-refractivity contribution in [2.45, 2.75) is 13.5 Å². The fraction of sp³-hybridized carbons (Fsp3) is 0.188. The summed E-state index contributed by atoms with van der Waals surface area (Å²) in [5.74, 6) is 0.226. The number of amides is 1. The van der Waals surface area contributed by atoms with Gasteiger partial charge >= 0.3 is 0 Å². The van der Waals surface area contributed by atoms with E-state index in [9.17, 15) is 9.59 Å². The summed E-state index contributed by atoms with van der Waals surface area (Å²) in [5.41, 5.74) is 0.813. The molecule has 0 saturated carbocycles. The van der Waals surface area contributed by atoms with Crippen LogP contribution in [0.15, 0.2) is 46.0 Å². The van der Waals surface area contributed by atoms with Crippen LogP contribution in [0.2, 0.25) is 5.02 Å². The Bertz CT molecular complexity index is 966. The fourth-order valence-electron chi connectivity index (χ4n) is 2.17. The minimum Gasteiger partial charge on any atom is -0.416 e.